The van der Waals surface area contributed by atoms with E-state index in [-0.39, 0.29) is 17.6 Å². The molecule has 0 bridgehead atoms. The van der Waals surface area contributed by atoms with Gasteiger partial charge in [-0.1, -0.05) is 6.92 Å². The lowest BCUT2D eigenvalue weighted by molar-refractivity contribution is 0.277. The number of rotatable bonds is 7. The third kappa shape index (κ3) is 4.03. The summed E-state index contributed by atoms with van der Waals surface area (Å²) in [5, 5.41) is 15.6. The van der Waals surface area contributed by atoms with Crippen molar-refractivity contribution in [2.45, 2.75) is 38.3 Å². The number of nitrogens with zero attached hydrogens (tertiary/aromatic N) is 2. The lowest BCUT2D eigenvalue weighted by Crippen LogP contribution is -2.34. The highest BCUT2D eigenvalue weighted by Gasteiger charge is 2.24. The highest BCUT2D eigenvalue weighted by atomic mass is 32.2. The van der Waals surface area contributed by atoms with E-state index in [9.17, 15) is 13.5 Å². The quantitative estimate of drug-likeness (QED) is 0.668. The number of aromatic nitrogens is 2. The molecule has 0 aromatic carbocycles. The van der Waals surface area contributed by atoms with Crippen LogP contribution in [0.5, 0.6) is 0 Å². The molecule has 2 heterocycles. The van der Waals surface area contributed by atoms with Crippen LogP contribution < -0.4 is 4.72 Å². The fraction of sp³-hybridized carbons (Fsp3) is 0.769. The predicted octanol–water partition coefficient (Wildman–Crippen LogP) is 0.221. The van der Waals surface area contributed by atoms with E-state index in [1.807, 2.05) is 6.92 Å². The lowest BCUT2D eigenvalue weighted by Gasteiger charge is -2.20. The summed E-state index contributed by atoms with van der Waals surface area (Å²) >= 11 is 0. The first-order chi connectivity index (χ1) is 9.94. The van der Waals surface area contributed by atoms with E-state index in [1.165, 1.54) is 12.8 Å². The van der Waals surface area contributed by atoms with E-state index in [2.05, 4.69) is 19.8 Å². The van der Waals surface area contributed by atoms with Crippen LogP contribution in [0, 0.1) is 12.8 Å². The van der Waals surface area contributed by atoms with Gasteiger partial charge >= 0.3 is 0 Å². The van der Waals surface area contributed by atoms with Crippen molar-refractivity contribution in [3.05, 3.63) is 11.3 Å². The van der Waals surface area contributed by atoms with Gasteiger partial charge in [-0.3, -0.25) is 5.10 Å². The summed E-state index contributed by atoms with van der Waals surface area (Å²) in [6, 6.07) is 0. The highest BCUT2D eigenvalue weighted by molar-refractivity contribution is 7.89. The van der Waals surface area contributed by atoms with Crippen LogP contribution in [0.15, 0.2) is 5.03 Å². The van der Waals surface area contributed by atoms with Crippen molar-refractivity contribution in [1.82, 2.24) is 19.8 Å². The van der Waals surface area contributed by atoms with E-state index >= 15 is 0 Å². The van der Waals surface area contributed by atoms with Crippen molar-refractivity contribution < 1.29 is 13.5 Å². The molecule has 21 heavy (non-hydrogen) atoms. The zero-order valence-corrected chi connectivity index (χ0v) is 13.4. The van der Waals surface area contributed by atoms with Crippen LogP contribution in [0.3, 0.4) is 0 Å². The number of aliphatic hydroxyl groups excluding tert-OH is 1. The monoisotopic (exact) mass is 316 g/mol. The molecule has 1 atom stereocenters. The fourth-order valence-corrected chi connectivity index (χ4v) is 3.98. The summed E-state index contributed by atoms with van der Waals surface area (Å²) < 4.78 is 27.1. The first kappa shape index (κ1) is 16.4. The van der Waals surface area contributed by atoms with Gasteiger partial charge in [0.05, 0.1) is 6.61 Å². The summed E-state index contributed by atoms with van der Waals surface area (Å²) in [6.45, 7) is 6.85. The Bertz CT molecular complexity index is 564. The zero-order valence-electron chi connectivity index (χ0n) is 12.6. The van der Waals surface area contributed by atoms with E-state index in [0.29, 0.717) is 17.8 Å². The molecule has 0 saturated carbocycles. The number of hydrogen-bond donors (Lipinski definition) is 3. The number of aromatic amines is 1. The molecule has 1 fully saturated rings. The average Bonchev–Trinajstić information content (AvgIpc) is 3.06. The Morgan fingerprint density at radius 3 is 2.71 bits per heavy atom. The van der Waals surface area contributed by atoms with Gasteiger partial charge in [-0.2, -0.15) is 5.10 Å². The van der Waals surface area contributed by atoms with Crippen molar-refractivity contribution in [1.29, 1.82) is 0 Å². The minimum atomic E-state index is -3.68. The number of sulfonamides is 1. The van der Waals surface area contributed by atoms with Gasteiger partial charge in [-0.15, -0.1) is 0 Å². The Kier molecular flexibility index (Phi) is 5.37. The number of likely N-dealkylation sites (tertiary alicyclic amines) is 1. The van der Waals surface area contributed by atoms with Crippen molar-refractivity contribution in [3.8, 4) is 0 Å². The molecular weight excluding hydrogens is 292 g/mol. The van der Waals surface area contributed by atoms with E-state index < -0.39 is 10.0 Å². The predicted molar refractivity (Wildman–Crippen MR) is 79.3 cm³/mol. The van der Waals surface area contributed by atoms with E-state index in [4.69, 9.17) is 0 Å². The Labute approximate surface area is 125 Å². The maximum absolute atomic E-state index is 12.2. The molecule has 0 amide bonds. The summed E-state index contributed by atoms with van der Waals surface area (Å²) in [5.74, 6) is 0.232. The topological polar surface area (TPSA) is 98.3 Å². The fourth-order valence-electron chi connectivity index (χ4n) is 2.63. The summed E-state index contributed by atoms with van der Waals surface area (Å²) in [4.78, 5) is 2.36. The van der Waals surface area contributed by atoms with Crippen LogP contribution in [-0.4, -0.2) is 54.8 Å². The maximum atomic E-state index is 12.2. The minimum Gasteiger partial charge on any atom is -0.392 e. The Morgan fingerprint density at radius 1 is 1.43 bits per heavy atom. The van der Waals surface area contributed by atoms with Crippen molar-refractivity contribution in [3.63, 3.8) is 0 Å². The molecule has 0 aliphatic carbocycles. The SMILES string of the molecule is Cc1[nH]nc(S(=O)(=O)NCC(C)CN2CCCC2)c1CO. The lowest BCUT2D eigenvalue weighted by atomic mass is 10.2. The molecule has 7 nitrogen and oxygen atoms in total. The van der Waals surface area contributed by atoms with Crippen LogP contribution in [0.4, 0.5) is 0 Å². The molecule has 8 heteroatoms. The molecule has 1 aliphatic heterocycles. The Morgan fingerprint density at radius 2 is 2.10 bits per heavy atom. The maximum Gasteiger partial charge on any atom is 0.260 e. The van der Waals surface area contributed by atoms with E-state index in [1.54, 1.807) is 6.92 Å². The Hall–Kier alpha value is -0.960. The van der Waals surface area contributed by atoms with Gasteiger partial charge in [-0.25, -0.2) is 13.1 Å². The molecule has 120 valence electrons. The largest absolute Gasteiger partial charge is 0.392 e. The molecule has 0 radical (unpaired) electrons. The molecule has 1 saturated heterocycles. The third-order valence-corrected chi connectivity index (χ3v) is 5.23. The van der Waals surface area contributed by atoms with Crippen LogP contribution >= 0.6 is 0 Å². The number of aliphatic hydroxyl groups is 1. The summed E-state index contributed by atoms with van der Waals surface area (Å²) in [7, 11) is -3.68. The smallest absolute Gasteiger partial charge is 0.260 e. The van der Waals surface area contributed by atoms with Gasteiger partial charge < -0.3 is 10.0 Å². The second-order valence-corrected chi connectivity index (χ2v) is 7.44. The molecule has 3 N–H and O–H groups in total. The number of nitrogens with one attached hydrogen (secondary N) is 2. The van der Waals surface area contributed by atoms with Gasteiger partial charge in [0.15, 0.2) is 5.03 Å². The summed E-state index contributed by atoms with van der Waals surface area (Å²) in [6.07, 6.45) is 2.45. The van der Waals surface area contributed by atoms with Crippen molar-refractivity contribution >= 4 is 10.0 Å². The van der Waals surface area contributed by atoms with Gasteiger partial charge in [0.25, 0.3) is 10.0 Å². The molecule has 2 rings (SSSR count). The normalized spacial score (nSPS) is 18.2. The minimum absolute atomic E-state index is 0.101. The zero-order chi connectivity index (χ0) is 15.5. The van der Waals surface area contributed by atoms with Crippen molar-refractivity contribution in [2.24, 2.45) is 5.92 Å². The summed E-state index contributed by atoms with van der Waals surface area (Å²) in [5.41, 5.74) is 0.901. The van der Waals surface area contributed by atoms with E-state index in [0.717, 1.165) is 19.6 Å². The van der Waals surface area contributed by atoms with Crippen molar-refractivity contribution in [2.75, 3.05) is 26.2 Å². The van der Waals surface area contributed by atoms with Crippen LogP contribution in [0.2, 0.25) is 0 Å². The number of aryl methyl sites for hydroxylation is 1. The van der Waals surface area contributed by atoms with Gasteiger partial charge in [-0.05, 0) is 38.8 Å². The average molecular weight is 316 g/mol. The molecular formula is C13H24N4O3S. The van der Waals surface area contributed by atoms with Gasteiger partial charge in [0.2, 0.25) is 0 Å². The Balaban J connectivity index is 1.94. The third-order valence-electron chi connectivity index (χ3n) is 3.84. The molecule has 1 aromatic rings. The standard InChI is InChI=1S/C13H24N4O3S/c1-10(8-17-5-3-4-6-17)7-14-21(19,20)13-12(9-18)11(2)15-16-13/h10,14,18H,3-9H2,1-2H3,(H,15,16). The van der Waals surface area contributed by atoms with Crippen LogP contribution in [0.1, 0.15) is 31.0 Å². The first-order valence-electron chi connectivity index (χ1n) is 7.30. The van der Waals surface area contributed by atoms with Crippen LogP contribution in [-0.2, 0) is 16.6 Å². The van der Waals surface area contributed by atoms with Crippen LogP contribution in [0.25, 0.3) is 0 Å². The molecule has 0 spiro atoms. The molecule has 1 aliphatic rings. The molecule has 1 unspecified atom stereocenters. The second kappa shape index (κ2) is 6.87. The second-order valence-electron chi connectivity index (χ2n) is 5.76. The van der Waals surface area contributed by atoms with Gasteiger partial charge in [0.1, 0.15) is 0 Å². The highest BCUT2D eigenvalue weighted by Crippen LogP contribution is 2.16. The number of H-pyrrole nitrogens is 1. The first-order valence-corrected chi connectivity index (χ1v) is 8.79. The number of hydrogen-bond acceptors (Lipinski definition) is 5. The molecule has 1 aromatic heterocycles. The van der Waals surface area contributed by atoms with Gasteiger partial charge in [0, 0.05) is 24.3 Å².